The fourth-order valence-electron chi connectivity index (χ4n) is 2.38. The molecule has 0 aromatic carbocycles. The number of aldehydes is 1. The van der Waals surface area contributed by atoms with Crippen molar-refractivity contribution < 1.29 is 4.79 Å². The number of rotatable bonds is 4. The third-order valence-electron chi connectivity index (χ3n) is 3.48. The Hall–Kier alpha value is -1.23. The molecule has 2 fully saturated rings. The number of aromatic nitrogens is 3. The molecule has 1 unspecified atom stereocenters. The summed E-state index contributed by atoms with van der Waals surface area (Å²) >= 11 is 0. The Morgan fingerprint density at radius 1 is 1.44 bits per heavy atom. The van der Waals surface area contributed by atoms with Gasteiger partial charge >= 0.3 is 0 Å². The van der Waals surface area contributed by atoms with Crippen LogP contribution in [0.15, 0.2) is 6.20 Å². The van der Waals surface area contributed by atoms with Gasteiger partial charge in [0.2, 0.25) is 0 Å². The van der Waals surface area contributed by atoms with Crippen LogP contribution in [0.25, 0.3) is 0 Å². The van der Waals surface area contributed by atoms with Gasteiger partial charge in [-0.1, -0.05) is 5.21 Å². The molecule has 1 aromatic rings. The number of hydrogen-bond donors (Lipinski definition) is 0. The normalized spacial score (nSPS) is 26.1. The summed E-state index contributed by atoms with van der Waals surface area (Å²) in [5.41, 5.74) is 0.431. The van der Waals surface area contributed by atoms with Gasteiger partial charge in [-0.3, -0.25) is 4.79 Å². The molecule has 3 rings (SSSR count). The maximum absolute atomic E-state index is 10.5. The summed E-state index contributed by atoms with van der Waals surface area (Å²) in [5, 5.41) is 7.81. The minimum atomic E-state index is 0.403. The van der Waals surface area contributed by atoms with Crippen LogP contribution >= 0.6 is 0 Å². The Kier molecular flexibility index (Phi) is 2.47. The quantitative estimate of drug-likeness (QED) is 0.702. The average molecular weight is 220 g/mol. The van der Waals surface area contributed by atoms with Gasteiger partial charge in [-0.15, -0.1) is 5.10 Å². The summed E-state index contributed by atoms with van der Waals surface area (Å²) in [6.07, 6.45) is 6.42. The summed E-state index contributed by atoms with van der Waals surface area (Å²) < 4.78 is 1.84. The van der Waals surface area contributed by atoms with Crippen LogP contribution in [0.1, 0.15) is 35.8 Å². The lowest BCUT2D eigenvalue weighted by Crippen LogP contribution is -2.24. The standard InChI is InChI=1S/C11H16N4O/c16-8-10-6-15(13-12-10)11-3-4-14(7-11)5-9-1-2-9/h6,8-9,11H,1-5,7H2. The number of likely N-dealkylation sites (tertiary alicyclic amines) is 1. The fraction of sp³-hybridized carbons (Fsp3) is 0.727. The van der Waals surface area contributed by atoms with E-state index >= 15 is 0 Å². The van der Waals surface area contributed by atoms with Crippen LogP contribution in [0.2, 0.25) is 0 Å². The highest BCUT2D eigenvalue weighted by Crippen LogP contribution is 2.32. The van der Waals surface area contributed by atoms with Gasteiger partial charge in [0, 0.05) is 19.6 Å². The lowest BCUT2D eigenvalue weighted by molar-refractivity contribution is 0.111. The molecular weight excluding hydrogens is 204 g/mol. The minimum absolute atomic E-state index is 0.403. The topological polar surface area (TPSA) is 51.0 Å². The highest BCUT2D eigenvalue weighted by atomic mass is 16.1. The molecule has 1 atom stereocenters. The summed E-state index contributed by atoms with van der Waals surface area (Å²) in [4.78, 5) is 13.0. The van der Waals surface area contributed by atoms with Crippen LogP contribution in [0, 0.1) is 5.92 Å². The van der Waals surface area contributed by atoms with Crippen LogP contribution in [-0.2, 0) is 0 Å². The number of hydrogen-bond acceptors (Lipinski definition) is 4. The lowest BCUT2D eigenvalue weighted by Gasteiger charge is -2.14. The van der Waals surface area contributed by atoms with Gasteiger partial charge < -0.3 is 4.90 Å². The van der Waals surface area contributed by atoms with Gasteiger partial charge in [-0.05, 0) is 25.2 Å². The summed E-state index contributed by atoms with van der Waals surface area (Å²) in [7, 11) is 0. The van der Waals surface area contributed by atoms with Crippen molar-refractivity contribution in [2.45, 2.75) is 25.3 Å². The van der Waals surface area contributed by atoms with Crippen LogP contribution in [-0.4, -0.2) is 45.8 Å². The maximum atomic E-state index is 10.5. The molecule has 2 heterocycles. The van der Waals surface area contributed by atoms with Crippen molar-refractivity contribution in [3.05, 3.63) is 11.9 Å². The summed E-state index contributed by atoms with van der Waals surface area (Å²) in [6.45, 7) is 3.45. The fourth-order valence-corrected chi connectivity index (χ4v) is 2.38. The van der Waals surface area contributed by atoms with E-state index < -0.39 is 0 Å². The van der Waals surface area contributed by atoms with Crippen LogP contribution in [0.3, 0.4) is 0 Å². The van der Waals surface area contributed by atoms with Gasteiger partial charge in [-0.25, -0.2) is 4.68 Å². The highest BCUT2D eigenvalue weighted by Gasteiger charge is 2.30. The number of carbonyl (C=O) groups is 1. The Bertz CT molecular complexity index is 385. The van der Waals surface area contributed by atoms with Crippen molar-refractivity contribution in [3.8, 4) is 0 Å². The van der Waals surface area contributed by atoms with Crippen LogP contribution < -0.4 is 0 Å². The van der Waals surface area contributed by atoms with Gasteiger partial charge in [0.1, 0.15) is 5.69 Å². The third kappa shape index (κ3) is 2.00. The van der Waals surface area contributed by atoms with E-state index in [-0.39, 0.29) is 0 Å². The molecule has 0 N–H and O–H groups in total. The van der Waals surface area contributed by atoms with Gasteiger partial charge in [0.15, 0.2) is 6.29 Å². The molecule has 16 heavy (non-hydrogen) atoms. The van der Waals surface area contributed by atoms with Gasteiger partial charge in [0.05, 0.1) is 12.2 Å². The first-order valence-corrected chi connectivity index (χ1v) is 5.94. The molecule has 5 nitrogen and oxygen atoms in total. The van der Waals surface area contributed by atoms with E-state index in [1.807, 2.05) is 4.68 Å². The molecule has 1 aliphatic heterocycles. The first kappa shape index (κ1) is 9.96. The Balaban J connectivity index is 1.61. The van der Waals surface area contributed by atoms with Crippen molar-refractivity contribution in [1.82, 2.24) is 19.9 Å². The van der Waals surface area contributed by atoms with Crippen molar-refractivity contribution >= 4 is 6.29 Å². The molecule has 0 bridgehead atoms. The first-order valence-electron chi connectivity index (χ1n) is 5.94. The zero-order valence-electron chi connectivity index (χ0n) is 9.25. The van der Waals surface area contributed by atoms with E-state index in [0.29, 0.717) is 11.7 Å². The van der Waals surface area contributed by atoms with Crippen molar-refractivity contribution in [3.63, 3.8) is 0 Å². The zero-order chi connectivity index (χ0) is 11.0. The van der Waals surface area contributed by atoms with Crippen LogP contribution in [0.5, 0.6) is 0 Å². The molecule has 0 radical (unpaired) electrons. The van der Waals surface area contributed by atoms with Crippen molar-refractivity contribution in [1.29, 1.82) is 0 Å². The molecule has 1 saturated heterocycles. The molecule has 1 aliphatic carbocycles. The maximum Gasteiger partial charge on any atom is 0.171 e. The predicted octanol–water partition coefficient (Wildman–Crippen LogP) is 0.747. The molecule has 86 valence electrons. The molecule has 2 aliphatic rings. The molecule has 1 saturated carbocycles. The molecule has 0 spiro atoms. The van der Waals surface area contributed by atoms with E-state index in [1.54, 1.807) is 6.20 Å². The van der Waals surface area contributed by atoms with Crippen LogP contribution in [0.4, 0.5) is 0 Å². The smallest absolute Gasteiger partial charge is 0.171 e. The third-order valence-corrected chi connectivity index (χ3v) is 3.48. The Morgan fingerprint density at radius 3 is 3.00 bits per heavy atom. The molecular formula is C11H16N4O. The number of nitrogens with zero attached hydrogens (tertiary/aromatic N) is 4. The monoisotopic (exact) mass is 220 g/mol. The first-order chi connectivity index (χ1) is 7.85. The van der Waals surface area contributed by atoms with E-state index in [0.717, 1.165) is 31.7 Å². The Labute approximate surface area is 94.4 Å². The van der Waals surface area contributed by atoms with E-state index in [2.05, 4.69) is 15.2 Å². The van der Waals surface area contributed by atoms with Gasteiger partial charge in [-0.2, -0.15) is 0 Å². The lowest BCUT2D eigenvalue weighted by atomic mass is 10.3. The second kappa shape index (κ2) is 3.97. The predicted molar refractivity (Wildman–Crippen MR) is 58.2 cm³/mol. The van der Waals surface area contributed by atoms with E-state index in [4.69, 9.17) is 0 Å². The second-order valence-corrected chi connectivity index (χ2v) is 4.89. The average Bonchev–Trinajstić information content (AvgIpc) is 2.83. The molecule has 5 heteroatoms. The molecule has 1 aromatic heterocycles. The second-order valence-electron chi connectivity index (χ2n) is 4.89. The summed E-state index contributed by atoms with van der Waals surface area (Å²) in [5.74, 6) is 0.944. The van der Waals surface area contributed by atoms with Crippen molar-refractivity contribution in [2.75, 3.05) is 19.6 Å². The SMILES string of the molecule is O=Cc1cn(C2CCN(CC3CC3)C2)nn1. The Morgan fingerprint density at radius 2 is 2.31 bits per heavy atom. The minimum Gasteiger partial charge on any atom is -0.301 e. The van der Waals surface area contributed by atoms with E-state index in [1.165, 1.54) is 19.4 Å². The zero-order valence-corrected chi connectivity index (χ0v) is 9.25. The van der Waals surface area contributed by atoms with Gasteiger partial charge in [0.25, 0.3) is 0 Å². The highest BCUT2D eigenvalue weighted by molar-refractivity contribution is 5.70. The van der Waals surface area contributed by atoms with E-state index in [9.17, 15) is 4.79 Å². The largest absolute Gasteiger partial charge is 0.301 e. The van der Waals surface area contributed by atoms with Crippen molar-refractivity contribution in [2.24, 2.45) is 5.92 Å². The molecule has 0 amide bonds. The number of carbonyl (C=O) groups excluding carboxylic acids is 1. The summed E-state index contributed by atoms with van der Waals surface area (Å²) in [6, 6.07) is 0.403.